The van der Waals surface area contributed by atoms with Crippen molar-refractivity contribution in [3.05, 3.63) is 0 Å². The number of nitrogens with zero attached hydrogens (tertiary/aromatic N) is 1. The van der Waals surface area contributed by atoms with Crippen molar-refractivity contribution in [1.82, 2.24) is 4.90 Å². The topological polar surface area (TPSA) is 57.6 Å². The predicted octanol–water partition coefficient (Wildman–Crippen LogP) is 1.14. The van der Waals surface area contributed by atoms with Crippen molar-refractivity contribution in [2.45, 2.75) is 25.8 Å². The number of carbonyl (C=O) groups is 2. The lowest BCUT2D eigenvalue weighted by Crippen LogP contribution is -2.40. The molecule has 0 aromatic heterocycles. The van der Waals surface area contributed by atoms with E-state index in [2.05, 4.69) is 0 Å². The zero-order valence-corrected chi connectivity index (χ0v) is 10.1. The molecule has 1 atom stereocenters. The number of Topliss-reactive ketones (excluding diaryl/α,β-unsaturated/α-hetero) is 1. The van der Waals surface area contributed by atoms with E-state index in [1.807, 2.05) is 0 Å². The molecule has 1 aliphatic rings. The first-order valence-corrected chi connectivity index (χ1v) is 6.18. The Balaban J connectivity index is 2.51. The molecule has 0 saturated carbocycles. The van der Waals surface area contributed by atoms with Gasteiger partial charge in [0.25, 0.3) is 0 Å². The highest BCUT2D eigenvalue weighted by molar-refractivity contribution is 7.99. The van der Waals surface area contributed by atoms with E-state index in [1.165, 1.54) is 6.92 Å². The van der Waals surface area contributed by atoms with Crippen LogP contribution in [0, 0.1) is 0 Å². The number of hydrogen-bond donors (Lipinski definition) is 1. The van der Waals surface area contributed by atoms with Crippen molar-refractivity contribution < 1.29 is 14.7 Å². The number of ketones is 1. The summed E-state index contributed by atoms with van der Waals surface area (Å²) in [7, 11) is 0. The average molecular weight is 247 g/mol. The number of rotatable bonds is 4. The van der Waals surface area contributed by atoms with Crippen molar-refractivity contribution in [2.24, 2.45) is 0 Å². The minimum absolute atomic E-state index is 0.0797. The lowest BCUT2D eigenvalue weighted by atomic mass is 10.2. The maximum Gasteiger partial charge on any atom is 0.327 e. The van der Waals surface area contributed by atoms with Gasteiger partial charge in [-0.1, -0.05) is 12.2 Å². The van der Waals surface area contributed by atoms with Gasteiger partial charge in [-0.2, -0.15) is 0 Å². The van der Waals surface area contributed by atoms with E-state index in [1.54, 1.807) is 16.7 Å². The van der Waals surface area contributed by atoms with Crippen LogP contribution in [-0.2, 0) is 9.59 Å². The van der Waals surface area contributed by atoms with Gasteiger partial charge in [0, 0.05) is 18.6 Å². The Hall–Kier alpha value is -0.620. The third-order valence-corrected chi connectivity index (χ3v) is 3.63. The molecule has 0 spiro atoms. The van der Waals surface area contributed by atoms with Crippen LogP contribution in [0.15, 0.2) is 0 Å². The lowest BCUT2D eigenvalue weighted by Gasteiger charge is -2.22. The third kappa shape index (κ3) is 3.46. The molecule has 0 aromatic rings. The van der Waals surface area contributed by atoms with Crippen molar-refractivity contribution >= 4 is 40.7 Å². The summed E-state index contributed by atoms with van der Waals surface area (Å²) in [6, 6.07) is -0.519. The molecule has 0 radical (unpaired) electrons. The van der Waals surface area contributed by atoms with E-state index < -0.39 is 12.0 Å². The summed E-state index contributed by atoms with van der Waals surface area (Å²) < 4.78 is 0. The van der Waals surface area contributed by atoms with Gasteiger partial charge in [0.15, 0.2) is 0 Å². The molecule has 4 nitrogen and oxygen atoms in total. The minimum atomic E-state index is -0.842. The van der Waals surface area contributed by atoms with E-state index in [0.29, 0.717) is 29.5 Å². The molecular weight excluding hydrogens is 234 g/mol. The van der Waals surface area contributed by atoms with Gasteiger partial charge in [0.05, 0.1) is 10.9 Å². The van der Waals surface area contributed by atoms with Crippen molar-refractivity contribution in [3.8, 4) is 0 Å². The summed E-state index contributed by atoms with van der Waals surface area (Å²) in [5.74, 6) is 0.421. The molecule has 0 amide bonds. The third-order valence-electron chi connectivity index (χ3n) is 2.18. The van der Waals surface area contributed by atoms with Gasteiger partial charge in [-0.05, 0) is 6.92 Å². The van der Waals surface area contributed by atoms with Gasteiger partial charge in [-0.25, -0.2) is 4.79 Å². The van der Waals surface area contributed by atoms with Gasteiger partial charge in [0.1, 0.15) is 11.8 Å². The summed E-state index contributed by atoms with van der Waals surface area (Å²) in [4.78, 5) is 23.9. The molecule has 0 aliphatic carbocycles. The van der Waals surface area contributed by atoms with Gasteiger partial charge in [-0.3, -0.25) is 0 Å². The molecule has 15 heavy (non-hydrogen) atoms. The first-order chi connectivity index (χ1) is 7.02. The zero-order chi connectivity index (χ0) is 11.4. The van der Waals surface area contributed by atoms with Gasteiger partial charge in [-0.15, -0.1) is 11.8 Å². The van der Waals surface area contributed by atoms with Crippen LogP contribution in [0.3, 0.4) is 0 Å². The highest BCUT2D eigenvalue weighted by atomic mass is 32.2. The normalized spacial score (nSPS) is 20.3. The molecule has 1 saturated heterocycles. The summed E-state index contributed by atoms with van der Waals surface area (Å²) in [5.41, 5.74) is 0. The van der Waals surface area contributed by atoms with Crippen LogP contribution in [0.2, 0.25) is 0 Å². The Morgan fingerprint density at radius 3 is 2.73 bits per heavy atom. The second-order valence-electron chi connectivity index (χ2n) is 3.42. The Labute approximate surface area is 98.0 Å². The minimum Gasteiger partial charge on any atom is -0.480 e. The molecule has 1 rings (SSSR count). The number of aliphatic carboxylic acids is 1. The van der Waals surface area contributed by atoms with Crippen molar-refractivity contribution in [3.63, 3.8) is 0 Å². The molecule has 1 fully saturated rings. The average Bonchev–Trinajstić information content (AvgIpc) is 2.62. The molecular formula is C9H13NO3S2. The standard InChI is InChI=1S/C9H13NO3S2/c1-6(11)2-3-8(14)10-5-15-4-7(10)9(12)13/h7H,2-5H2,1H3,(H,12,13)/t7-/m0/s1. The smallest absolute Gasteiger partial charge is 0.327 e. The van der Waals surface area contributed by atoms with Crippen molar-refractivity contribution in [1.29, 1.82) is 0 Å². The van der Waals surface area contributed by atoms with E-state index in [9.17, 15) is 9.59 Å². The fourth-order valence-corrected chi connectivity index (χ4v) is 2.88. The van der Waals surface area contributed by atoms with Crippen LogP contribution in [-0.4, -0.2) is 44.4 Å². The van der Waals surface area contributed by atoms with E-state index in [4.69, 9.17) is 17.3 Å². The number of thioether (sulfide) groups is 1. The monoisotopic (exact) mass is 247 g/mol. The maximum absolute atomic E-state index is 10.9. The highest BCUT2D eigenvalue weighted by Gasteiger charge is 2.32. The Morgan fingerprint density at radius 2 is 2.20 bits per heavy atom. The molecule has 1 aliphatic heterocycles. The quantitative estimate of drug-likeness (QED) is 0.752. The zero-order valence-electron chi connectivity index (χ0n) is 8.43. The van der Waals surface area contributed by atoms with Crippen LogP contribution in [0.4, 0.5) is 0 Å². The molecule has 0 aromatic carbocycles. The Bertz CT molecular complexity index is 293. The number of carbonyl (C=O) groups excluding carboxylic acids is 1. The summed E-state index contributed by atoms with van der Waals surface area (Å²) in [5, 5.41) is 8.93. The molecule has 1 heterocycles. The predicted molar refractivity (Wildman–Crippen MR) is 63.1 cm³/mol. The van der Waals surface area contributed by atoms with E-state index in [-0.39, 0.29) is 5.78 Å². The summed E-state index contributed by atoms with van der Waals surface area (Å²) in [6.45, 7) is 1.51. The largest absolute Gasteiger partial charge is 0.480 e. The molecule has 0 unspecified atom stereocenters. The SMILES string of the molecule is CC(=O)CCC(=S)N1CSC[C@H]1C(=O)O. The van der Waals surface area contributed by atoms with Gasteiger partial charge >= 0.3 is 5.97 Å². The van der Waals surface area contributed by atoms with Crippen LogP contribution >= 0.6 is 24.0 Å². The number of carboxylic acids is 1. The highest BCUT2D eigenvalue weighted by Crippen LogP contribution is 2.22. The second kappa shape index (κ2) is 5.46. The Kier molecular flexibility index (Phi) is 4.53. The number of carboxylic acid groups (broad SMARTS) is 1. The number of thiocarbonyl (C=S) groups is 1. The van der Waals surface area contributed by atoms with Crippen LogP contribution in [0.25, 0.3) is 0 Å². The molecule has 1 N–H and O–H groups in total. The summed E-state index contributed by atoms with van der Waals surface area (Å²) >= 11 is 6.68. The first-order valence-electron chi connectivity index (χ1n) is 4.62. The maximum atomic E-state index is 10.9. The first kappa shape index (κ1) is 12.4. The van der Waals surface area contributed by atoms with Crippen molar-refractivity contribution in [2.75, 3.05) is 11.6 Å². The van der Waals surface area contributed by atoms with E-state index >= 15 is 0 Å². The van der Waals surface area contributed by atoms with Gasteiger partial charge < -0.3 is 14.8 Å². The van der Waals surface area contributed by atoms with Gasteiger partial charge in [0.2, 0.25) is 0 Å². The van der Waals surface area contributed by atoms with Crippen LogP contribution in [0.1, 0.15) is 19.8 Å². The fourth-order valence-electron chi connectivity index (χ4n) is 1.32. The van der Waals surface area contributed by atoms with E-state index in [0.717, 1.165) is 0 Å². The lowest BCUT2D eigenvalue weighted by molar-refractivity contribution is -0.140. The molecule has 6 heteroatoms. The molecule has 0 bridgehead atoms. The Morgan fingerprint density at radius 1 is 1.53 bits per heavy atom. The van der Waals surface area contributed by atoms with Crippen LogP contribution in [0.5, 0.6) is 0 Å². The fraction of sp³-hybridized carbons (Fsp3) is 0.667. The number of hydrogen-bond acceptors (Lipinski definition) is 4. The summed E-state index contributed by atoms with van der Waals surface area (Å²) in [6.07, 6.45) is 0.876. The molecule has 84 valence electrons. The second-order valence-corrected chi connectivity index (χ2v) is 4.89. The van der Waals surface area contributed by atoms with Crippen LogP contribution < -0.4 is 0 Å².